The van der Waals surface area contributed by atoms with Crippen LogP contribution in [-0.4, -0.2) is 16.3 Å². The Bertz CT molecular complexity index is 652. The summed E-state index contributed by atoms with van der Waals surface area (Å²) in [5.74, 6) is 0. The zero-order valence-electron chi connectivity index (χ0n) is 10.8. The molecule has 0 radical (unpaired) electrons. The number of rotatable bonds is 2. The van der Waals surface area contributed by atoms with Gasteiger partial charge in [-0.1, -0.05) is 24.3 Å². The number of hydrogen-bond acceptors (Lipinski definition) is 2. The molecule has 0 aliphatic rings. The van der Waals surface area contributed by atoms with Crippen LogP contribution >= 0.6 is 0 Å². The van der Waals surface area contributed by atoms with Crippen molar-refractivity contribution < 1.29 is 31.4 Å². The molecule has 118 valence electrons. The summed E-state index contributed by atoms with van der Waals surface area (Å²) in [5.41, 5.74) is -7.67. The molecule has 2 nitrogen and oxygen atoms in total. The van der Waals surface area contributed by atoms with E-state index in [0.29, 0.717) is 12.1 Å². The second-order valence-corrected chi connectivity index (χ2v) is 4.47. The van der Waals surface area contributed by atoms with Crippen LogP contribution in [-0.2, 0) is 11.8 Å². The highest BCUT2D eigenvalue weighted by Crippen LogP contribution is 2.47. The van der Waals surface area contributed by atoms with Gasteiger partial charge in [0.1, 0.15) is 0 Å². The van der Waals surface area contributed by atoms with Crippen molar-refractivity contribution in [3.63, 3.8) is 0 Å². The number of aromatic nitrogens is 1. The topological polar surface area (TPSA) is 33.1 Å². The molecule has 0 amide bonds. The quantitative estimate of drug-likeness (QED) is 0.851. The average molecular weight is 321 g/mol. The van der Waals surface area contributed by atoms with Crippen molar-refractivity contribution in [1.82, 2.24) is 4.98 Å². The summed E-state index contributed by atoms with van der Waals surface area (Å²) in [6, 6.07) is 6.26. The van der Waals surface area contributed by atoms with Crippen molar-refractivity contribution in [2.24, 2.45) is 0 Å². The van der Waals surface area contributed by atoms with E-state index in [9.17, 15) is 31.4 Å². The first-order valence-corrected chi connectivity index (χ1v) is 5.96. The van der Waals surface area contributed by atoms with Crippen molar-refractivity contribution in [2.45, 2.75) is 18.0 Å². The number of nitrogens with zero attached hydrogens (tertiary/aromatic N) is 1. The van der Waals surface area contributed by atoms with E-state index in [1.807, 2.05) is 0 Å². The second-order valence-electron chi connectivity index (χ2n) is 4.47. The molecule has 22 heavy (non-hydrogen) atoms. The fourth-order valence-electron chi connectivity index (χ4n) is 2.06. The van der Waals surface area contributed by atoms with Crippen LogP contribution < -0.4 is 0 Å². The standard InChI is InChI=1S/C14H9F6NO/c15-13(16,17)10-6-2-1-5-9(10)12(22,14(18,19)20)11-7-3-4-8-21-11/h1-8,22H. The van der Waals surface area contributed by atoms with Crippen molar-refractivity contribution in [3.8, 4) is 0 Å². The van der Waals surface area contributed by atoms with Gasteiger partial charge >= 0.3 is 12.4 Å². The van der Waals surface area contributed by atoms with E-state index >= 15 is 0 Å². The molecule has 0 spiro atoms. The predicted octanol–water partition coefficient (Wildman–Crippen LogP) is 3.90. The van der Waals surface area contributed by atoms with Gasteiger partial charge in [-0.3, -0.25) is 4.98 Å². The molecular formula is C14H9F6NO. The first-order valence-electron chi connectivity index (χ1n) is 5.96. The molecule has 0 bridgehead atoms. The molecule has 2 aromatic rings. The van der Waals surface area contributed by atoms with Crippen molar-refractivity contribution >= 4 is 0 Å². The summed E-state index contributed by atoms with van der Waals surface area (Å²) in [7, 11) is 0. The van der Waals surface area contributed by atoms with E-state index in [2.05, 4.69) is 4.98 Å². The molecule has 1 aromatic heterocycles. The van der Waals surface area contributed by atoms with Gasteiger partial charge in [0.25, 0.3) is 0 Å². The van der Waals surface area contributed by atoms with Gasteiger partial charge in [-0.15, -0.1) is 0 Å². The molecule has 8 heteroatoms. The summed E-state index contributed by atoms with van der Waals surface area (Å²) >= 11 is 0. The van der Waals surface area contributed by atoms with E-state index in [-0.39, 0.29) is 0 Å². The minimum atomic E-state index is -5.39. The smallest absolute Gasteiger partial charge is 0.371 e. The van der Waals surface area contributed by atoms with Gasteiger partial charge in [0.2, 0.25) is 5.60 Å². The van der Waals surface area contributed by atoms with Gasteiger partial charge in [0.05, 0.1) is 11.3 Å². The lowest BCUT2D eigenvalue weighted by Crippen LogP contribution is -2.45. The van der Waals surface area contributed by atoms with Crippen LogP contribution in [0.25, 0.3) is 0 Å². The van der Waals surface area contributed by atoms with Gasteiger partial charge in [-0.05, 0) is 18.2 Å². The van der Waals surface area contributed by atoms with Crippen LogP contribution in [0.3, 0.4) is 0 Å². The molecule has 0 saturated heterocycles. The number of halogens is 6. The third-order valence-corrected chi connectivity index (χ3v) is 3.07. The molecule has 1 heterocycles. The molecular weight excluding hydrogens is 312 g/mol. The normalized spacial score (nSPS) is 15.4. The lowest BCUT2D eigenvalue weighted by Gasteiger charge is -2.32. The third kappa shape index (κ3) is 2.66. The van der Waals surface area contributed by atoms with Crippen LogP contribution in [0, 0.1) is 0 Å². The first kappa shape index (κ1) is 16.3. The van der Waals surface area contributed by atoms with Crippen LogP contribution in [0.15, 0.2) is 48.7 Å². The molecule has 1 unspecified atom stereocenters. The number of hydrogen-bond donors (Lipinski definition) is 1. The average Bonchev–Trinajstić information content (AvgIpc) is 2.45. The van der Waals surface area contributed by atoms with E-state index in [1.165, 1.54) is 6.07 Å². The van der Waals surface area contributed by atoms with E-state index < -0.39 is 34.8 Å². The highest BCUT2D eigenvalue weighted by atomic mass is 19.4. The highest BCUT2D eigenvalue weighted by Gasteiger charge is 2.59. The van der Waals surface area contributed by atoms with E-state index in [1.54, 1.807) is 0 Å². The van der Waals surface area contributed by atoms with Crippen molar-refractivity contribution in [3.05, 3.63) is 65.5 Å². The minimum absolute atomic E-state index is 0.481. The number of aliphatic hydroxyl groups is 1. The Kier molecular flexibility index (Phi) is 3.90. The first-order chi connectivity index (χ1) is 10.1. The van der Waals surface area contributed by atoms with E-state index in [0.717, 1.165) is 30.5 Å². The number of pyridine rings is 1. The largest absolute Gasteiger partial charge is 0.427 e. The van der Waals surface area contributed by atoms with Crippen LogP contribution in [0.5, 0.6) is 0 Å². The maximum Gasteiger partial charge on any atom is 0.427 e. The molecule has 0 fully saturated rings. The summed E-state index contributed by atoms with van der Waals surface area (Å²) in [6.45, 7) is 0. The molecule has 0 aliphatic carbocycles. The second kappa shape index (κ2) is 5.28. The van der Waals surface area contributed by atoms with Crippen LogP contribution in [0.1, 0.15) is 16.8 Å². The maximum absolute atomic E-state index is 13.4. The Hall–Kier alpha value is -2.09. The zero-order valence-corrected chi connectivity index (χ0v) is 10.8. The zero-order chi connectivity index (χ0) is 16.6. The van der Waals surface area contributed by atoms with Gasteiger partial charge in [0, 0.05) is 11.8 Å². The predicted molar refractivity (Wildman–Crippen MR) is 64.7 cm³/mol. The van der Waals surface area contributed by atoms with Crippen molar-refractivity contribution in [1.29, 1.82) is 0 Å². The van der Waals surface area contributed by atoms with Gasteiger partial charge < -0.3 is 5.11 Å². The fourth-order valence-corrected chi connectivity index (χ4v) is 2.06. The molecule has 0 saturated carbocycles. The lowest BCUT2D eigenvalue weighted by molar-refractivity contribution is -0.251. The Labute approximate surface area is 121 Å². The number of benzene rings is 1. The van der Waals surface area contributed by atoms with Gasteiger partial charge in [0.15, 0.2) is 0 Å². The number of alkyl halides is 6. The highest BCUT2D eigenvalue weighted by molar-refractivity contribution is 5.41. The summed E-state index contributed by atoms with van der Waals surface area (Å²) < 4.78 is 79.1. The van der Waals surface area contributed by atoms with Crippen molar-refractivity contribution in [2.75, 3.05) is 0 Å². The van der Waals surface area contributed by atoms with Gasteiger partial charge in [-0.2, -0.15) is 26.3 Å². The SMILES string of the molecule is OC(c1ccccn1)(c1ccccc1C(F)(F)F)C(F)(F)F. The third-order valence-electron chi connectivity index (χ3n) is 3.07. The lowest BCUT2D eigenvalue weighted by atomic mass is 9.85. The molecule has 2 rings (SSSR count). The van der Waals surface area contributed by atoms with Crippen LogP contribution in [0.2, 0.25) is 0 Å². The Morgan fingerprint density at radius 3 is 1.77 bits per heavy atom. The van der Waals surface area contributed by atoms with Gasteiger partial charge in [-0.25, -0.2) is 0 Å². The Morgan fingerprint density at radius 1 is 0.773 bits per heavy atom. The minimum Gasteiger partial charge on any atom is -0.371 e. The summed E-state index contributed by atoms with van der Waals surface area (Å²) in [6.07, 6.45) is -9.48. The Morgan fingerprint density at radius 2 is 1.32 bits per heavy atom. The molecule has 1 aromatic carbocycles. The maximum atomic E-state index is 13.4. The summed E-state index contributed by atoms with van der Waals surface area (Å²) in [5, 5.41) is 10.1. The Balaban J connectivity index is 2.79. The monoisotopic (exact) mass is 321 g/mol. The summed E-state index contributed by atoms with van der Waals surface area (Å²) in [4.78, 5) is 3.38. The van der Waals surface area contributed by atoms with E-state index in [4.69, 9.17) is 0 Å². The fraction of sp³-hybridized carbons (Fsp3) is 0.214. The molecule has 0 aliphatic heterocycles. The molecule has 1 N–H and O–H groups in total. The van der Waals surface area contributed by atoms with Crippen LogP contribution in [0.4, 0.5) is 26.3 Å². The molecule has 1 atom stereocenters.